The van der Waals surface area contributed by atoms with Crippen LogP contribution in [0.1, 0.15) is 28.6 Å². The molecule has 0 radical (unpaired) electrons. The standard InChI is InChI=1S/C9H12N4OS/c1-2-3-13-9-6(8(12)14)7(11)5(4-10)15-9/h13H,2-3,11H2,1H3,(H2,12,14). The number of thiophene rings is 1. The van der Waals surface area contributed by atoms with Crippen molar-refractivity contribution in [2.45, 2.75) is 13.3 Å². The molecule has 0 atom stereocenters. The number of hydrogen-bond acceptors (Lipinski definition) is 5. The molecular weight excluding hydrogens is 212 g/mol. The van der Waals surface area contributed by atoms with Crippen LogP contribution in [0.15, 0.2) is 0 Å². The van der Waals surface area contributed by atoms with Gasteiger partial charge in [-0.05, 0) is 6.42 Å². The van der Waals surface area contributed by atoms with Gasteiger partial charge in [-0.3, -0.25) is 4.79 Å². The Kier molecular flexibility index (Phi) is 3.52. The molecule has 1 heterocycles. The Morgan fingerprint density at radius 1 is 1.67 bits per heavy atom. The highest BCUT2D eigenvalue weighted by molar-refractivity contribution is 7.17. The van der Waals surface area contributed by atoms with Crippen molar-refractivity contribution in [1.82, 2.24) is 0 Å². The molecule has 0 saturated heterocycles. The zero-order valence-electron chi connectivity index (χ0n) is 8.33. The zero-order valence-corrected chi connectivity index (χ0v) is 9.15. The second-order valence-electron chi connectivity index (χ2n) is 2.95. The summed E-state index contributed by atoms with van der Waals surface area (Å²) in [5.74, 6) is -0.608. The van der Waals surface area contributed by atoms with Crippen LogP contribution in [0.4, 0.5) is 10.7 Å². The Labute approximate surface area is 91.7 Å². The summed E-state index contributed by atoms with van der Waals surface area (Å²) in [6.45, 7) is 2.71. The Morgan fingerprint density at radius 2 is 2.33 bits per heavy atom. The number of anilines is 2. The van der Waals surface area contributed by atoms with Gasteiger partial charge in [-0.15, -0.1) is 11.3 Å². The molecule has 1 rings (SSSR count). The van der Waals surface area contributed by atoms with Gasteiger partial charge in [-0.25, -0.2) is 0 Å². The van der Waals surface area contributed by atoms with Crippen LogP contribution in [0.2, 0.25) is 0 Å². The molecule has 0 saturated carbocycles. The molecule has 80 valence electrons. The van der Waals surface area contributed by atoms with Crippen LogP contribution in [-0.2, 0) is 0 Å². The molecule has 0 aromatic carbocycles. The molecule has 1 aromatic heterocycles. The average Bonchev–Trinajstić information content (AvgIpc) is 2.51. The normalized spacial score (nSPS) is 9.60. The fourth-order valence-corrected chi connectivity index (χ4v) is 2.08. The topological polar surface area (TPSA) is 105 Å². The minimum absolute atomic E-state index is 0.175. The SMILES string of the molecule is CCCNc1sc(C#N)c(N)c1C(N)=O. The van der Waals surface area contributed by atoms with Gasteiger partial charge in [0.15, 0.2) is 0 Å². The summed E-state index contributed by atoms with van der Waals surface area (Å²) in [6.07, 6.45) is 0.915. The van der Waals surface area contributed by atoms with E-state index in [-0.39, 0.29) is 11.3 Å². The van der Waals surface area contributed by atoms with E-state index in [4.69, 9.17) is 16.7 Å². The van der Waals surface area contributed by atoms with Gasteiger partial charge in [0.25, 0.3) is 5.91 Å². The maximum Gasteiger partial charge on any atom is 0.253 e. The molecular formula is C9H12N4OS. The second kappa shape index (κ2) is 4.66. The smallest absolute Gasteiger partial charge is 0.253 e. The number of amides is 1. The maximum atomic E-state index is 11.1. The number of carbonyl (C=O) groups excluding carboxylic acids is 1. The lowest BCUT2D eigenvalue weighted by molar-refractivity contribution is 0.100. The van der Waals surface area contributed by atoms with E-state index in [0.29, 0.717) is 16.4 Å². The summed E-state index contributed by atoms with van der Waals surface area (Å²) in [6, 6.07) is 1.93. The lowest BCUT2D eigenvalue weighted by atomic mass is 10.2. The van der Waals surface area contributed by atoms with E-state index in [2.05, 4.69) is 5.32 Å². The van der Waals surface area contributed by atoms with E-state index >= 15 is 0 Å². The van der Waals surface area contributed by atoms with Gasteiger partial charge in [0.05, 0.1) is 11.3 Å². The van der Waals surface area contributed by atoms with Crippen LogP contribution in [0.5, 0.6) is 0 Å². The number of primary amides is 1. The monoisotopic (exact) mass is 224 g/mol. The molecule has 1 aromatic rings. The number of nitriles is 1. The Morgan fingerprint density at radius 3 is 2.80 bits per heavy atom. The van der Waals surface area contributed by atoms with Crippen molar-refractivity contribution < 1.29 is 4.79 Å². The lowest BCUT2D eigenvalue weighted by Gasteiger charge is -2.03. The van der Waals surface area contributed by atoms with Crippen molar-refractivity contribution in [3.8, 4) is 6.07 Å². The molecule has 0 aliphatic carbocycles. The first-order valence-corrected chi connectivity index (χ1v) is 5.29. The van der Waals surface area contributed by atoms with Crippen LogP contribution in [-0.4, -0.2) is 12.5 Å². The van der Waals surface area contributed by atoms with Crippen LogP contribution in [0, 0.1) is 11.3 Å². The Balaban J connectivity index is 3.14. The van der Waals surface area contributed by atoms with Crippen molar-refractivity contribution >= 4 is 27.9 Å². The average molecular weight is 224 g/mol. The largest absolute Gasteiger partial charge is 0.396 e. The summed E-state index contributed by atoms with van der Waals surface area (Å²) in [7, 11) is 0. The highest BCUT2D eigenvalue weighted by atomic mass is 32.1. The zero-order chi connectivity index (χ0) is 11.4. The summed E-state index contributed by atoms with van der Waals surface area (Å²) in [5.41, 5.74) is 11.2. The Bertz CT molecular complexity index is 418. The van der Waals surface area contributed by atoms with Gasteiger partial charge in [0.1, 0.15) is 15.9 Å². The van der Waals surface area contributed by atoms with Crippen molar-refractivity contribution in [2.75, 3.05) is 17.6 Å². The molecule has 15 heavy (non-hydrogen) atoms. The number of nitrogen functional groups attached to an aromatic ring is 1. The summed E-state index contributed by atoms with van der Waals surface area (Å²) < 4.78 is 0. The third-order valence-electron chi connectivity index (χ3n) is 1.83. The van der Waals surface area contributed by atoms with Crippen LogP contribution >= 0.6 is 11.3 Å². The second-order valence-corrected chi connectivity index (χ2v) is 3.97. The highest BCUT2D eigenvalue weighted by Crippen LogP contribution is 2.34. The van der Waals surface area contributed by atoms with Gasteiger partial charge in [-0.1, -0.05) is 6.92 Å². The van der Waals surface area contributed by atoms with Crippen molar-refractivity contribution in [2.24, 2.45) is 5.73 Å². The van der Waals surface area contributed by atoms with Crippen LogP contribution < -0.4 is 16.8 Å². The van der Waals surface area contributed by atoms with E-state index < -0.39 is 5.91 Å². The molecule has 0 spiro atoms. The van der Waals surface area contributed by atoms with Gasteiger partial charge in [-0.2, -0.15) is 5.26 Å². The van der Waals surface area contributed by atoms with E-state index in [9.17, 15) is 4.79 Å². The van der Waals surface area contributed by atoms with E-state index in [1.807, 2.05) is 13.0 Å². The molecule has 1 amide bonds. The Hall–Kier alpha value is -1.74. The maximum absolute atomic E-state index is 11.1. The first-order valence-electron chi connectivity index (χ1n) is 4.47. The van der Waals surface area contributed by atoms with E-state index in [1.54, 1.807) is 0 Å². The van der Waals surface area contributed by atoms with Crippen molar-refractivity contribution in [3.63, 3.8) is 0 Å². The predicted octanol–water partition coefficient (Wildman–Crippen LogP) is 1.12. The van der Waals surface area contributed by atoms with Crippen LogP contribution in [0.3, 0.4) is 0 Å². The molecule has 5 nitrogen and oxygen atoms in total. The van der Waals surface area contributed by atoms with E-state index in [0.717, 1.165) is 17.8 Å². The summed E-state index contributed by atoms with van der Waals surface area (Å²) >= 11 is 1.16. The third kappa shape index (κ3) is 2.19. The summed E-state index contributed by atoms with van der Waals surface area (Å²) in [4.78, 5) is 11.5. The third-order valence-corrected chi connectivity index (χ3v) is 2.90. The fourth-order valence-electron chi connectivity index (χ4n) is 1.13. The van der Waals surface area contributed by atoms with Gasteiger partial charge >= 0.3 is 0 Å². The first kappa shape index (κ1) is 11.3. The predicted molar refractivity (Wildman–Crippen MR) is 60.7 cm³/mol. The fraction of sp³-hybridized carbons (Fsp3) is 0.333. The molecule has 0 aliphatic rings. The molecule has 0 fully saturated rings. The molecule has 0 aliphatic heterocycles. The number of hydrogen-bond donors (Lipinski definition) is 3. The minimum Gasteiger partial charge on any atom is -0.396 e. The number of nitrogens with zero attached hydrogens (tertiary/aromatic N) is 1. The number of nitrogens with two attached hydrogens (primary N) is 2. The number of nitrogens with one attached hydrogen (secondary N) is 1. The van der Waals surface area contributed by atoms with Gasteiger partial charge in [0, 0.05) is 6.54 Å². The van der Waals surface area contributed by atoms with Gasteiger partial charge in [0.2, 0.25) is 0 Å². The van der Waals surface area contributed by atoms with Gasteiger partial charge < -0.3 is 16.8 Å². The molecule has 6 heteroatoms. The van der Waals surface area contributed by atoms with E-state index in [1.165, 1.54) is 0 Å². The molecule has 0 bridgehead atoms. The number of carbonyl (C=O) groups is 1. The van der Waals surface area contributed by atoms with Crippen molar-refractivity contribution in [1.29, 1.82) is 5.26 Å². The molecule has 0 unspecified atom stereocenters. The first-order chi connectivity index (χ1) is 7.11. The minimum atomic E-state index is -0.608. The van der Waals surface area contributed by atoms with Crippen LogP contribution in [0.25, 0.3) is 0 Å². The van der Waals surface area contributed by atoms with Crippen molar-refractivity contribution in [3.05, 3.63) is 10.4 Å². The number of rotatable bonds is 4. The molecule has 5 N–H and O–H groups in total. The quantitative estimate of drug-likeness (QED) is 0.712. The summed E-state index contributed by atoms with van der Waals surface area (Å²) in [5, 5.41) is 12.4. The lowest BCUT2D eigenvalue weighted by Crippen LogP contribution is -2.14. The highest BCUT2D eigenvalue weighted by Gasteiger charge is 2.19.